The van der Waals surface area contributed by atoms with Crippen LogP contribution < -0.4 is 9.80 Å². The van der Waals surface area contributed by atoms with Crippen LogP contribution in [0.4, 0.5) is 15.8 Å². The molecule has 2 aliphatic rings. The van der Waals surface area contributed by atoms with Crippen LogP contribution in [0, 0.1) is 5.82 Å². The van der Waals surface area contributed by atoms with Gasteiger partial charge >= 0.3 is 0 Å². The summed E-state index contributed by atoms with van der Waals surface area (Å²) in [5.41, 5.74) is 3.22. The van der Waals surface area contributed by atoms with Gasteiger partial charge in [0.15, 0.2) is 4.32 Å². The molecule has 4 rings (SSSR count). The van der Waals surface area contributed by atoms with Crippen LogP contribution in [0.25, 0.3) is 6.08 Å². The lowest BCUT2D eigenvalue weighted by molar-refractivity contribution is -0.113. The molecule has 0 aliphatic carbocycles. The van der Waals surface area contributed by atoms with E-state index in [1.807, 2.05) is 36.4 Å². The molecule has 1 fully saturated rings. The number of benzene rings is 2. The summed E-state index contributed by atoms with van der Waals surface area (Å²) in [5.74, 6) is -0.218. The van der Waals surface area contributed by atoms with Gasteiger partial charge in [-0.15, -0.1) is 0 Å². The lowest BCUT2D eigenvalue weighted by Crippen LogP contribution is -2.48. The molecule has 6 heteroatoms. The lowest BCUT2D eigenvalue weighted by Gasteiger charge is -2.47. The molecule has 1 atom stereocenters. The van der Waals surface area contributed by atoms with Crippen molar-refractivity contribution in [3.05, 3.63) is 64.3 Å². The molecule has 30 heavy (non-hydrogen) atoms. The number of nitrogens with zero attached hydrogens (tertiary/aromatic N) is 2. The van der Waals surface area contributed by atoms with Crippen molar-refractivity contribution in [2.45, 2.75) is 45.6 Å². The van der Waals surface area contributed by atoms with Crippen molar-refractivity contribution in [2.75, 3.05) is 16.3 Å². The van der Waals surface area contributed by atoms with Gasteiger partial charge in [-0.05, 0) is 69.0 Å². The Bertz CT molecular complexity index is 1050. The molecule has 2 aromatic carbocycles. The Kier molecular flexibility index (Phi) is 5.49. The number of hydrogen-bond acceptors (Lipinski definition) is 4. The molecule has 1 saturated heterocycles. The molecule has 3 nitrogen and oxygen atoms in total. The van der Waals surface area contributed by atoms with E-state index >= 15 is 4.39 Å². The van der Waals surface area contributed by atoms with Crippen molar-refractivity contribution in [1.82, 2.24) is 0 Å². The van der Waals surface area contributed by atoms with Crippen molar-refractivity contribution in [3.63, 3.8) is 0 Å². The van der Waals surface area contributed by atoms with Crippen LogP contribution in [0.5, 0.6) is 0 Å². The molecule has 2 heterocycles. The van der Waals surface area contributed by atoms with Crippen molar-refractivity contribution in [1.29, 1.82) is 0 Å². The zero-order valence-corrected chi connectivity index (χ0v) is 19.2. The molecule has 1 unspecified atom stereocenters. The first kappa shape index (κ1) is 21.1. The van der Waals surface area contributed by atoms with E-state index in [9.17, 15) is 4.79 Å². The normalized spacial score (nSPS) is 22.0. The highest BCUT2D eigenvalue weighted by Crippen LogP contribution is 2.45. The molecule has 0 spiro atoms. The molecule has 0 N–H and O–H groups in total. The van der Waals surface area contributed by atoms with Gasteiger partial charge in [-0.3, -0.25) is 9.69 Å². The SMILES string of the molecule is CCN1c2cc(F)c(/C=C3/SC(=S)N(c4ccccc4)C3=O)cc2C(C)CC1(C)C. The van der Waals surface area contributed by atoms with Crippen LogP contribution in [0.15, 0.2) is 47.4 Å². The Balaban J connectivity index is 1.73. The second-order valence-corrected chi connectivity index (χ2v) is 10.1. The number of anilines is 2. The van der Waals surface area contributed by atoms with Gasteiger partial charge in [0.05, 0.1) is 10.6 Å². The van der Waals surface area contributed by atoms with Crippen LogP contribution >= 0.6 is 24.0 Å². The quantitative estimate of drug-likeness (QED) is 0.410. The van der Waals surface area contributed by atoms with Crippen molar-refractivity contribution in [2.24, 2.45) is 0 Å². The topological polar surface area (TPSA) is 23.6 Å². The minimum absolute atomic E-state index is 0.0206. The first-order valence-electron chi connectivity index (χ1n) is 10.2. The maximum atomic E-state index is 15.1. The fourth-order valence-electron chi connectivity index (χ4n) is 4.64. The van der Waals surface area contributed by atoms with Crippen LogP contribution in [0.2, 0.25) is 0 Å². The Morgan fingerprint density at radius 2 is 1.97 bits per heavy atom. The number of para-hydroxylation sites is 1. The number of fused-ring (bicyclic) bond motifs is 1. The molecule has 2 aliphatic heterocycles. The minimum Gasteiger partial charge on any atom is -0.366 e. The zero-order chi connectivity index (χ0) is 21.6. The summed E-state index contributed by atoms with van der Waals surface area (Å²) in [4.78, 5) is 17.2. The van der Waals surface area contributed by atoms with E-state index in [4.69, 9.17) is 12.2 Å². The predicted molar refractivity (Wildman–Crippen MR) is 129 cm³/mol. The average molecular weight is 441 g/mol. The summed E-state index contributed by atoms with van der Waals surface area (Å²) in [6.07, 6.45) is 2.63. The summed E-state index contributed by atoms with van der Waals surface area (Å²) < 4.78 is 15.6. The van der Waals surface area contributed by atoms with Gasteiger partial charge in [0.1, 0.15) is 5.82 Å². The second kappa shape index (κ2) is 7.82. The fourth-order valence-corrected chi connectivity index (χ4v) is 5.93. The molecular weight excluding hydrogens is 415 g/mol. The van der Waals surface area contributed by atoms with Gasteiger partial charge in [-0.1, -0.05) is 49.1 Å². The highest BCUT2D eigenvalue weighted by molar-refractivity contribution is 8.27. The van der Waals surface area contributed by atoms with E-state index < -0.39 is 0 Å². The highest BCUT2D eigenvalue weighted by Gasteiger charge is 2.37. The Morgan fingerprint density at radius 3 is 2.63 bits per heavy atom. The first-order valence-corrected chi connectivity index (χ1v) is 11.4. The lowest BCUT2D eigenvalue weighted by atomic mass is 9.79. The number of thiocarbonyl (C=S) groups is 1. The van der Waals surface area contributed by atoms with E-state index in [-0.39, 0.29) is 17.3 Å². The van der Waals surface area contributed by atoms with Crippen molar-refractivity contribution < 1.29 is 9.18 Å². The van der Waals surface area contributed by atoms with Crippen LogP contribution in [0.1, 0.15) is 51.2 Å². The molecule has 156 valence electrons. The van der Waals surface area contributed by atoms with E-state index in [0.29, 0.717) is 20.7 Å². The van der Waals surface area contributed by atoms with Crippen LogP contribution in [-0.4, -0.2) is 22.3 Å². The van der Waals surface area contributed by atoms with Gasteiger partial charge in [-0.2, -0.15) is 0 Å². The van der Waals surface area contributed by atoms with Crippen molar-refractivity contribution >= 4 is 51.7 Å². The molecule has 0 saturated carbocycles. The monoisotopic (exact) mass is 440 g/mol. The minimum atomic E-state index is -0.318. The van der Waals surface area contributed by atoms with Gasteiger partial charge in [0, 0.05) is 23.3 Å². The summed E-state index contributed by atoms with van der Waals surface area (Å²) >= 11 is 6.64. The number of carbonyl (C=O) groups excluding carboxylic acids is 1. The van der Waals surface area contributed by atoms with E-state index in [1.165, 1.54) is 16.7 Å². The summed E-state index contributed by atoms with van der Waals surface area (Å²) in [5, 5.41) is 0. The second-order valence-electron chi connectivity index (χ2n) is 8.45. The van der Waals surface area contributed by atoms with Gasteiger partial charge < -0.3 is 4.90 Å². The van der Waals surface area contributed by atoms with E-state index in [2.05, 4.69) is 32.6 Å². The third-order valence-electron chi connectivity index (χ3n) is 5.92. The molecular formula is C24H25FN2OS2. The van der Waals surface area contributed by atoms with Gasteiger partial charge in [-0.25, -0.2) is 4.39 Å². The molecule has 0 bridgehead atoms. The molecule has 0 aromatic heterocycles. The summed E-state index contributed by atoms with van der Waals surface area (Å²) in [7, 11) is 0. The number of carbonyl (C=O) groups is 1. The van der Waals surface area contributed by atoms with E-state index in [1.54, 1.807) is 12.1 Å². The van der Waals surface area contributed by atoms with Crippen molar-refractivity contribution in [3.8, 4) is 0 Å². The number of hydrogen-bond donors (Lipinski definition) is 0. The Morgan fingerprint density at radius 1 is 1.27 bits per heavy atom. The summed E-state index contributed by atoms with van der Waals surface area (Å²) in [6, 6.07) is 12.8. The smallest absolute Gasteiger partial charge is 0.270 e. The Hall–Kier alpha value is -2.18. The highest BCUT2D eigenvalue weighted by atomic mass is 32.2. The van der Waals surface area contributed by atoms with E-state index in [0.717, 1.165) is 29.9 Å². The van der Waals surface area contributed by atoms with Gasteiger partial charge in [0.2, 0.25) is 0 Å². The third-order valence-corrected chi connectivity index (χ3v) is 7.22. The maximum Gasteiger partial charge on any atom is 0.270 e. The first-order chi connectivity index (χ1) is 14.2. The standard InChI is InChI=1S/C24H25FN2OS2/c1-5-26-20-13-19(25)16(11-18(20)15(2)14-24(26,3)4)12-21-22(28)27(23(29)30-21)17-9-7-6-8-10-17/h6-13,15H,5,14H2,1-4H3/b21-12+. The third kappa shape index (κ3) is 3.56. The zero-order valence-electron chi connectivity index (χ0n) is 17.6. The largest absolute Gasteiger partial charge is 0.366 e. The number of thioether (sulfide) groups is 1. The molecule has 1 amide bonds. The Labute approximate surface area is 186 Å². The maximum absolute atomic E-state index is 15.1. The van der Waals surface area contributed by atoms with Crippen LogP contribution in [0.3, 0.4) is 0 Å². The number of amides is 1. The average Bonchev–Trinajstić information content (AvgIpc) is 2.96. The predicted octanol–water partition coefficient (Wildman–Crippen LogP) is 6.34. The summed E-state index contributed by atoms with van der Waals surface area (Å²) in [6.45, 7) is 9.51. The number of halogens is 1. The van der Waals surface area contributed by atoms with Gasteiger partial charge in [0.25, 0.3) is 5.91 Å². The molecule has 0 radical (unpaired) electrons. The molecule has 2 aromatic rings. The van der Waals surface area contributed by atoms with Crippen LogP contribution in [-0.2, 0) is 4.79 Å². The fraction of sp³-hybridized carbons (Fsp3) is 0.333. The number of rotatable bonds is 3.